The highest BCUT2D eigenvalue weighted by atomic mass is 32.1. The first-order chi connectivity index (χ1) is 13.9. The summed E-state index contributed by atoms with van der Waals surface area (Å²) in [7, 11) is 0. The van der Waals surface area contributed by atoms with Gasteiger partial charge in [-0.05, 0) is 18.1 Å². The number of nitrogens with one attached hydrogen (secondary N) is 2. The van der Waals surface area contributed by atoms with Crippen LogP contribution < -0.4 is 10.6 Å². The first-order valence-corrected chi connectivity index (χ1v) is 10.2. The highest BCUT2D eigenvalue weighted by Crippen LogP contribution is 2.29. The quantitative estimate of drug-likeness (QED) is 0.521. The first kappa shape index (κ1) is 20.7. The van der Waals surface area contributed by atoms with Crippen LogP contribution in [0.5, 0.6) is 0 Å². The molecular formula is C22H23N3O3S. The predicted octanol–water partition coefficient (Wildman–Crippen LogP) is 4.11. The summed E-state index contributed by atoms with van der Waals surface area (Å²) in [6.07, 6.45) is 0. The van der Waals surface area contributed by atoms with E-state index in [1.165, 1.54) is 0 Å². The van der Waals surface area contributed by atoms with E-state index in [2.05, 4.69) is 15.6 Å². The minimum atomic E-state index is -0.963. The van der Waals surface area contributed by atoms with Gasteiger partial charge in [0.2, 0.25) is 5.91 Å². The zero-order valence-corrected chi connectivity index (χ0v) is 17.1. The van der Waals surface area contributed by atoms with Crippen LogP contribution in [0.25, 0.3) is 21.8 Å². The Morgan fingerprint density at radius 1 is 1.03 bits per heavy atom. The van der Waals surface area contributed by atoms with Crippen molar-refractivity contribution in [3.8, 4) is 21.8 Å². The van der Waals surface area contributed by atoms with E-state index in [4.69, 9.17) is 5.11 Å². The molecule has 1 amide bonds. The van der Waals surface area contributed by atoms with Crippen molar-refractivity contribution in [3.63, 3.8) is 0 Å². The number of amides is 1. The summed E-state index contributed by atoms with van der Waals surface area (Å²) in [5, 5.41) is 17.7. The van der Waals surface area contributed by atoms with Crippen LogP contribution in [0.1, 0.15) is 13.8 Å². The van der Waals surface area contributed by atoms with Crippen molar-refractivity contribution in [2.45, 2.75) is 19.9 Å². The molecule has 3 rings (SSSR count). The fraction of sp³-hybridized carbons (Fsp3) is 0.227. The number of carbonyl (C=O) groups is 2. The second kappa shape index (κ2) is 9.45. The molecule has 1 aromatic heterocycles. The molecule has 6 nitrogen and oxygen atoms in total. The molecule has 2 aromatic carbocycles. The average Bonchev–Trinajstić information content (AvgIpc) is 3.19. The number of hydrogen-bond acceptors (Lipinski definition) is 5. The van der Waals surface area contributed by atoms with Crippen molar-refractivity contribution >= 4 is 28.9 Å². The third kappa shape index (κ3) is 5.49. The molecule has 1 atom stereocenters. The van der Waals surface area contributed by atoms with Gasteiger partial charge < -0.3 is 10.4 Å². The lowest BCUT2D eigenvalue weighted by molar-refractivity contribution is -0.140. The van der Waals surface area contributed by atoms with Crippen LogP contribution in [0.15, 0.2) is 60.0 Å². The van der Waals surface area contributed by atoms with E-state index in [0.717, 1.165) is 21.8 Å². The number of anilines is 1. The number of carboxylic acids is 1. The van der Waals surface area contributed by atoms with Gasteiger partial charge in [0, 0.05) is 22.2 Å². The van der Waals surface area contributed by atoms with Crippen molar-refractivity contribution in [1.82, 2.24) is 10.3 Å². The van der Waals surface area contributed by atoms with Gasteiger partial charge >= 0.3 is 5.97 Å². The van der Waals surface area contributed by atoms with Crippen LogP contribution in [0.4, 0.5) is 5.69 Å². The van der Waals surface area contributed by atoms with E-state index < -0.39 is 12.0 Å². The molecule has 0 aliphatic rings. The first-order valence-electron chi connectivity index (χ1n) is 9.31. The number of hydrogen-bond donors (Lipinski definition) is 3. The number of carbonyl (C=O) groups excluding carboxylic acids is 1. The second-order valence-electron chi connectivity index (χ2n) is 6.97. The van der Waals surface area contributed by atoms with E-state index in [1.54, 1.807) is 25.2 Å². The molecule has 1 unspecified atom stereocenters. The van der Waals surface area contributed by atoms with Gasteiger partial charge in [-0.3, -0.25) is 14.9 Å². The van der Waals surface area contributed by atoms with Gasteiger partial charge in [0.05, 0.1) is 12.2 Å². The van der Waals surface area contributed by atoms with Crippen LogP contribution in [0, 0.1) is 5.92 Å². The largest absolute Gasteiger partial charge is 0.480 e. The number of carboxylic acid groups (broad SMARTS) is 1. The highest BCUT2D eigenvalue weighted by molar-refractivity contribution is 7.13. The third-order valence-electron chi connectivity index (χ3n) is 4.40. The van der Waals surface area contributed by atoms with Crippen LogP contribution in [-0.2, 0) is 9.59 Å². The molecule has 29 heavy (non-hydrogen) atoms. The molecule has 0 saturated carbocycles. The van der Waals surface area contributed by atoms with Crippen molar-refractivity contribution in [1.29, 1.82) is 0 Å². The lowest BCUT2D eigenvalue weighted by atomic mass is 10.1. The molecule has 0 fully saturated rings. The lowest BCUT2D eigenvalue weighted by Crippen LogP contribution is -2.44. The summed E-state index contributed by atoms with van der Waals surface area (Å²) in [6.45, 7) is 3.53. The topological polar surface area (TPSA) is 91.3 Å². The van der Waals surface area contributed by atoms with E-state index in [1.807, 2.05) is 60.0 Å². The highest BCUT2D eigenvalue weighted by Gasteiger charge is 2.21. The predicted molar refractivity (Wildman–Crippen MR) is 116 cm³/mol. The molecule has 0 saturated heterocycles. The molecule has 3 aromatic rings. The molecule has 0 radical (unpaired) electrons. The maximum Gasteiger partial charge on any atom is 0.320 e. The van der Waals surface area contributed by atoms with Crippen LogP contribution in [0.3, 0.4) is 0 Å². The summed E-state index contributed by atoms with van der Waals surface area (Å²) in [6, 6.07) is 16.7. The Morgan fingerprint density at radius 2 is 1.72 bits per heavy atom. The van der Waals surface area contributed by atoms with Gasteiger partial charge in [0.1, 0.15) is 11.0 Å². The van der Waals surface area contributed by atoms with Gasteiger partial charge in [-0.2, -0.15) is 0 Å². The van der Waals surface area contributed by atoms with Crippen molar-refractivity contribution in [2.24, 2.45) is 5.92 Å². The van der Waals surface area contributed by atoms with Crippen LogP contribution >= 0.6 is 11.3 Å². The molecule has 0 spiro atoms. The molecule has 3 N–H and O–H groups in total. The Hall–Kier alpha value is -3.03. The van der Waals surface area contributed by atoms with Crippen LogP contribution in [-0.4, -0.2) is 34.6 Å². The Bertz CT molecular complexity index is 968. The Morgan fingerprint density at radius 3 is 2.34 bits per heavy atom. The van der Waals surface area contributed by atoms with Gasteiger partial charge in [-0.15, -0.1) is 11.3 Å². The van der Waals surface area contributed by atoms with E-state index in [9.17, 15) is 9.59 Å². The number of benzene rings is 2. The number of aliphatic carboxylic acids is 1. The standard InChI is InChI=1S/C22H23N3O3S/c1-14(2)20(22(27)28)23-12-19(26)24-17-10-8-15(9-11-17)18-13-29-21(25-18)16-6-4-3-5-7-16/h3-11,13-14,20,23H,12H2,1-2H3,(H,24,26)(H,27,28). The molecule has 7 heteroatoms. The average molecular weight is 410 g/mol. The van der Waals surface area contributed by atoms with Crippen molar-refractivity contribution in [3.05, 3.63) is 60.0 Å². The maximum absolute atomic E-state index is 12.1. The normalized spacial score (nSPS) is 12.0. The summed E-state index contributed by atoms with van der Waals surface area (Å²) in [5.41, 5.74) is 3.58. The molecular weight excluding hydrogens is 386 g/mol. The lowest BCUT2D eigenvalue weighted by Gasteiger charge is -2.17. The van der Waals surface area contributed by atoms with Crippen molar-refractivity contribution < 1.29 is 14.7 Å². The maximum atomic E-state index is 12.1. The Kier molecular flexibility index (Phi) is 6.74. The molecule has 0 aliphatic carbocycles. The minimum Gasteiger partial charge on any atom is -0.480 e. The third-order valence-corrected chi connectivity index (χ3v) is 5.30. The zero-order chi connectivity index (χ0) is 20.8. The van der Waals surface area contributed by atoms with Gasteiger partial charge in [0.15, 0.2) is 0 Å². The monoisotopic (exact) mass is 409 g/mol. The minimum absolute atomic E-state index is 0.0661. The zero-order valence-electron chi connectivity index (χ0n) is 16.3. The van der Waals surface area contributed by atoms with E-state index >= 15 is 0 Å². The summed E-state index contributed by atoms with van der Waals surface area (Å²) < 4.78 is 0. The molecule has 150 valence electrons. The number of rotatable bonds is 8. The fourth-order valence-corrected chi connectivity index (χ4v) is 3.70. The van der Waals surface area contributed by atoms with Gasteiger partial charge in [-0.25, -0.2) is 4.98 Å². The van der Waals surface area contributed by atoms with E-state index in [0.29, 0.717) is 5.69 Å². The summed E-state index contributed by atoms with van der Waals surface area (Å²) >= 11 is 1.59. The number of aromatic nitrogens is 1. The van der Waals surface area contributed by atoms with E-state index in [-0.39, 0.29) is 18.4 Å². The molecule has 0 bridgehead atoms. The second-order valence-corrected chi connectivity index (χ2v) is 7.83. The fourth-order valence-electron chi connectivity index (χ4n) is 2.86. The Balaban J connectivity index is 1.60. The number of nitrogens with zero attached hydrogens (tertiary/aromatic N) is 1. The molecule has 0 aliphatic heterocycles. The smallest absolute Gasteiger partial charge is 0.320 e. The van der Waals surface area contributed by atoms with Gasteiger partial charge in [0.25, 0.3) is 0 Å². The summed E-state index contributed by atoms with van der Waals surface area (Å²) in [4.78, 5) is 28.0. The van der Waals surface area contributed by atoms with Crippen LogP contribution in [0.2, 0.25) is 0 Å². The Labute approximate surface area is 173 Å². The summed E-state index contributed by atoms with van der Waals surface area (Å²) in [5.74, 6) is -1.36. The molecule has 1 heterocycles. The SMILES string of the molecule is CC(C)C(NCC(=O)Nc1ccc(-c2csc(-c3ccccc3)n2)cc1)C(=O)O. The number of thiazole rings is 1. The van der Waals surface area contributed by atoms with Crippen molar-refractivity contribution in [2.75, 3.05) is 11.9 Å². The van der Waals surface area contributed by atoms with Gasteiger partial charge in [-0.1, -0.05) is 56.3 Å².